The van der Waals surface area contributed by atoms with E-state index in [0.717, 1.165) is 13.2 Å². The molecule has 0 amide bonds. The number of rotatable bonds is 0. The summed E-state index contributed by atoms with van der Waals surface area (Å²) in [5.74, 6) is 0. The maximum atomic E-state index is 5.62. The van der Waals surface area contributed by atoms with E-state index >= 15 is 0 Å². The Morgan fingerprint density at radius 3 is 2.67 bits per heavy atom. The summed E-state index contributed by atoms with van der Waals surface area (Å²) in [6, 6.07) is 0.683. The smallest absolute Gasteiger partial charge is 0.0728 e. The highest BCUT2D eigenvalue weighted by Crippen LogP contribution is 2.22. The zero-order valence-electron chi connectivity index (χ0n) is 8.31. The van der Waals surface area contributed by atoms with Gasteiger partial charge in [0, 0.05) is 12.6 Å². The Bertz CT molecular complexity index is 90.4. The van der Waals surface area contributed by atoms with Gasteiger partial charge in [0.2, 0.25) is 0 Å². The molecule has 0 bridgehead atoms. The molecule has 0 spiro atoms. The van der Waals surface area contributed by atoms with E-state index in [2.05, 4.69) is 5.32 Å². The van der Waals surface area contributed by atoms with Crippen LogP contribution in [0.2, 0.25) is 0 Å². The summed E-state index contributed by atoms with van der Waals surface area (Å²) >= 11 is 0. The van der Waals surface area contributed by atoms with Gasteiger partial charge in [-0.3, -0.25) is 0 Å². The minimum Gasteiger partial charge on any atom is -0.375 e. The Labute approximate surface area is 75.7 Å². The molecule has 2 aliphatic rings. The van der Waals surface area contributed by atoms with E-state index in [-0.39, 0.29) is 0 Å². The number of fused-ring (bicyclic) bond motifs is 1. The molecule has 1 aliphatic carbocycles. The van der Waals surface area contributed by atoms with Crippen LogP contribution in [-0.2, 0) is 4.74 Å². The average Bonchev–Trinajstić information content (AvgIpc) is 2.21. The molecule has 2 unspecified atom stereocenters. The van der Waals surface area contributed by atoms with Crippen molar-refractivity contribution in [2.75, 3.05) is 13.2 Å². The van der Waals surface area contributed by atoms with Crippen molar-refractivity contribution >= 4 is 0 Å². The number of hydrogen-bond donors (Lipinski definition) is 1. The van der Waals surface area contributed by atoms with Crippen LogP contribution in [0.25, 0.3) is 0 Å². The van der Waals surface area contributed by atoms with Crippen molar-refractivity contribution in [3.05, 3.63) is 0 Å². The maximum absolute atomic E-state index is 5.62. The van der Waals surface area contributed by atoms with Gasteiger partial charge in [0.05, 0.1) is 12.7 Å². The molecule has 0 aromatic heterocycles. The average molecular weight is 171 g/mol. The molecule has 0 aromatic rings. The van der Waals surface area contributed by atoms with Crippen LogP contribution in [0.1, 0.15) is 39.5 Å². The molecule has 12 heavy (non-hydrogen) atoms. The molecular formula is C10H21NO. The van der Waals surface area contributed by atoms with Crippen LogP contribution < -0.4 is 5.32 Å². The lowest BCUT2D eigenvalue weighted by atomic mass is 9.92. The number of morpholine rings is 1. The first-order valence-electron chi connectivity index (χ1n) is 5.32. The molecule has 2 nitrogen and oxygen atoms in total. The van der Waals surface area contributed by atoms with Gasteiger partial charge in [-0.2, -0.15) is 0 Å². The zero-order valence-corrected chi connectivity index (χ0v) is 8.31. The monoisotopic (exact) mass is 171 g/mol. The molecule has 2 atom stereocenters. The molecule has 2 fully saturated rings. The van der Waals surface area contributed by atoms with Crippen molar-refractivity contribution in [2.24, 2.45) is 0 Å². The predicted molar refractivity (Wildman–Crippen MR) is 51.3 cm³/mol. The topological polar surface area (TPSA) is 21.3 Å². The fraction of sp³-hybridized carbons (Fsp3) is 1.00. The molecule has 2 heteroatoms. The molecule has 1 N–H and O–H groups in total. The minimum absolute atomic E-state index is 0.544. The van der Waals surface area contributed by atoms with Crippen LogP contribution in [0.4, 0.5) is 0 Å². The van der Waals surface area contributed by atoms with Gasteiger partial charge in [-0.05, 0) is 12.8 Å². The van der Waals surface area contributed by atoms with Crippen LogP contribution in [0.5, 0.6) is 0 Å². The van der Waals surface area contributed by atoms with Gasteiger partial charge in [-0.25, -0.2) is 0 Å². The molecule has 0 radical (unpaired) electrons. The zero-order chi connectivity index (χ0) is 8.81. The highest BCUT2D eigenvalue weighted by molar-refractivity contribution is 4.84. The van der Waals surface area contributed by atoms with Crippen molar-refractivity contribution < 1.29 is 4.74 Å². The van der Waals surface area contributed by atoms with Gasteiger partial charge in [0.1, 0.15) is 0 Å². The lowest BCUT2D eigenvalue weighted by molar-refractivity contribution is -0.0235. The molecule has 2 rings (SSSR count). The highest BCUT2D eigenvalue weighted by Gasteiger charge is 2.27. The Balaban J connectivity index is 0.000000336. The van der Waals surface area contributed by atoms with Gasteiger partial charge in [-0.1, -0.05) is 26.7 Å². The lowest BCUT2D eigenvalue weighted by Crippen LogP contribution is -2.49. The molecule has 1 saturated heterocycles. The van der Waals surface area contributed by atoms with Crippen LogP contribution in [-0.4, -0.2) is 25.3 Å². The van der Waals surface area contributed by atoms with Gasteiger partial charge in [-0.15, -0.1) is 0 Å². The Morgan fingerprint density at radius 2 is 1.92 bits per heavy atom. The first kappa shape index (κ1) is 10.0. The van der Waals surface area contributed by atoms with Gasteiger partial charge in [0.15, 0.2) is 0 Å². The summed E-state index contributed by atoms with van der Waals surface area (Å²) in [7, 11) is 0. The molecule has 72 valence electrons. The van der Waals surface area contributed by atoms with E-state index in [9.17, 15) is 0 Å². The van der Waals surface area contributed by atoms with E-state index in [1.807, 2.05) is 13.8 Å². The standard InChI is InChI=1S/C8H15NO.C2H6/c1-2-4-8-7(3-1)9-5-6-10-8;1-2/h7-9H,1-6H2;1-2H3. The van der Waals surface area contributed by atoms with Crippen molar-refractivity contribution in [1.29, 1.82) is 0 Å². The third kappa shape index (κ3) is 2.46. The SMILES string of the molecule is C1CCC2OCCNC2C1.CC. The summed E-state index contributed by atoms with van der Waals surface area (Å²) < 4.78 is 5.62. The van der Waals surface area contributed by atoms with E-state index in [1.165, 1.54) is 25.7 Å². The second-order valence-electron chi connectivity index (χ2n) is 3.25. The Kier molecular flexibility index (Phi) is 4.62. The Morgan fingerprint density at radius 1 is 1.17 bits per heavy atom. The van der Waals surface area contributed by atoms with Crippen LogP contribution in [0, 0.1) is 0 Å². The molecule has 1 saturated carbocycles. The van der Waals surface area contributed by atoms with Gasteiger partial charge in [0.25, 0.3) is 0 Å². The van der Waals surface area contributed by atoms with Gasteiger partial charge < -0.3 is 10.1 Å². The van der Waals surface area contributed by atoms with E-state index in [1.54, 1.807) is 0 Å². The number of nitrogens with one attached hydrogen (secondary N) is 1. The quantitative estimate of drug-likeness (QED) is 0.601. The first-order chi connectivity index (χ1) is 5.97. The van der Waals surface area contributed by atoms with E-state index < -0.39 is 0 Å². The number of hydrogen-bond acceptors (Lipinski definition) is 2. The van der Waals surface area contributed by atoms with E-state index in [0.29, 0.717) is 12.1 Å². The van der Waals surface area contributed by atoms with Crippen molar-refractivity contribution in [3.63, 3.8) is 0 Å². The summed E-state index contributed by atoms with van der Waals surface area (Å²) in [6.07, 6.45) is 5.89. The minimum atomic E-state index is 0.544. The third-order valence-electron chi connectivity index (χ3n) is 2.54. The second kappa shape index (κ2) is 5.55. The first-order valence-corrected chi connectivity index (χ1v) is 5.32. The molecule has 0 aromatic carbocycles. The summed E-state index contributed by atoms with van der Waals surface area (Å²) in [4.78, 5) is 0. The summed E-state index contributed by atoms with van der Waals surface area (Å²) in [6.45, 7) is 5.97. The largest absolute Gasteiger partial charge is 0.375 e. The predicted octanol–water partition coefficient (Wildman–Crippen LogP) is 1.94. The number of ether oxygens (including phenoxy) is 1. The van der Waals surface area contributed by atoms with Crippen LogP contribution in [0.15, 0.2) is 0 Å². The second-order valence-corrected chi connectivity index (χ2v) is 3.25. The summed E-state index contributed by atoms with van der Waals surface area (Å²) in [5.41, 5.74) is 0. The van der Waals surface area contributed by atoms with Crippen molar-refractivity contribution in [3.8, 4) is 0 Å². The maximum Gasteiger partial charge on any atom is 0.0728 e. The third-order valence-corrected chi connectivity index (χ3v) is 2.54. The van der Waals surface area contributed by atoms with Crippen molar-refractivity contribution in [2.45, 2.75) is 51.7 Å². The molecule has 1 aliphatic heterocycles. The van der Waals surface area contributed by atoms with Crippen LogP contribution >= 0.6 is 0 Å². The van der Waals surface area contributed by atoms with Crippen molar-refractivity contribution in [1.82, 2.24) is 5.32 Å². The fourth-order valence-electron chi connectivity index (χ4n) is 1.98. The Hall–Kier alpha value is -0.0800. The normalized spacial score (nSPS) is 34.5. The van der Waals surface area contributed by atoms with E-state index in [4.69, 9.17) is 4.74 Å². The highest BCUT2D eigenvalue weighted by atomic mass is 16.5. The fourth-order valence-corrected chi connectivity index (χ4v) is 1.98. The summed E-state index contributed by atoms with van der Waals surface area (Å²) in [5, 5.41) is 3.50. The molecular weight excluding hydrogens is 150 g/mol. The molecule has 1 heterocycles. The van der Waals surface area contributed by atoms with Gasteiger partial charge >= 0.3 is 0 Å². The van der Waals surface area contributed by atoms with Crippen LogP contribution in [0.3, 0.4) is 0 Å². The lowest BCUT2D eigenvalue weighted by Gasteiger charge is -2.36.